The quantitative estimate of drug-likeness (QED) is 0.884. The van der Waals surface area contributed by atoms with Gasteiger partial charge in [-0.1, -0.05) is 12.1 Å². The molecule has 3 heterocycles. The largest absolute Gasteiger partial charge is 0.370 e. The molecular weight excluding hydrogens is 340 g/mol. The van der Waals surface area contributed by atoms with Gasteiger partial charge in [0.15, 0.2) is 0 Å². The zero-order valence-corrected chi connectivity index (χ0v) is 15.6. The molecule has 1 aliphatic heterocycles. The Morgan fingerprint density at radius 3 is 3.11 bits per heavy atom. The fourth-order valence-electron chi connectivity index (χ4n) is 3.81. The predicted molar refractivity (Wildman–Crippen MR) is 102 cm³/mol. The summed E-state index contributed by atoms with van der Waals surface area (Å²) in [6, 6.07) is 7.97. The number of hydrogen-bond donors (Lipinski definition) is 1. The Hall–Kier alpha value is -2.47. The van der Waals surface area contributed by atoms with E-state index in [1.54, 1.807) is 6.20 Å². The van der Waals surface area contributed by atoms with Crippen LogP contribution in [0.4, 0.5) is 4.79 Å². The number of fused-ring (bicyclic) bond motifs is 1. The van der Waals surface area contributed by atoms with Crippen molar-refractivity contribution in [2.45, 2.75) is 51.4 Å². The molecule has 1 N–H and O–H groups in total. The molecule has 27 heavy (non-hydrogen) atoms. The third-order valence-corrected chi connectivity index (χ3v) is 5.28. The van der Waals surface area contributed by atoms with Gasteiger partial charge >= 0.3 is 6.03 Å². The molecule has 1 saturated heterocycles. The minimum absolute atomic E-state index is 0.0263. The lowest BCUT2D eigenvalue weighted by molar-refractivity contribution is -0.00168. The molecule has 1 fully saturated rings. The van der Waals surface area contributed by atoms with Crippen LogP contribution in [0.2, 0.25) is 0 Å². The Morgan fingerprint density at radius 2 is 2.22 bits per heavy atom. The fraction of sp³-hybridized carbons (Fsp3) is 0.476. The van der Waals surface area contributed by atoms with Gasteiger partial charge in [-0.25, -0.2) is 4.79 Å². The number of carbonyl (C=O) groups excluding carboxylic acids is 1. The summed E-state index contributed by atoms with van der Waals surface area (Å²) in [5.74, 6) is 0. The number of ether oxygens (including phenoxy) is 1. The van der Waals surface area contributed by atoms with E-state index in [-0.39, 0.29) is 12.1 Å². The van der Waals surface area contributed by atoms with Gasteiger partial charge in [-0.3, -0.25) is 9.97 Å². The van der Waals surface area contributed by atoms with Gasteiger partial charge < -0.3 is 15.0 Å². The Kier molecular flexibility index (Phi) is 5.63. The molecule has 0 saturated carbocycles. The highest BCUT2D eigenvalue weighted by atomic mass is 16.5. The molecule has 6 heteroatoms. The lowest BCUT2D eigenvalue weighted by Crippen LogP contribution is -2.47. The second kappa shape index (κ2) is 8.48. The first kappa shape index (κ1) is 17.9. The van der Waals surface area contributed by atoms with Crippen LogP contribution in [0.25, 0.3) is 0 Å². The minimum Gasteiger partial charge on any atom is -0.370 e. The SMILES string of the molecule is O=C(NCc1cnc2c(c1)CCC2)N1CCCC(OCc2ccccn2)C1. The summed E-state index contributed by atoms with van der Waals surface area (Å²) in [6.07, 6.45) is 9.03. The van der Waals surface area contributed by atoms with Crippen molar-refractivity contribution in [2.75, 3.05) is 13.1 Å². The number of hydrogen-bond acceptors (Lipinski definition) is 4. The van der Waals surface area contributed by atoms with E-state index in [1.165, 1.54) is 17.7 Å². The highest BCUT2D eigenvalue weighted by molar-refractivity contribution is 5.74. The van der Waals surface area contributed by atoms with Crippen LogP contribution in [0.15, 0.2) is 36.7 Å². The van der Waals surface area contributed by atoms with E-state index in [0.29, 0.717) is 19.7 Å². The molecule has 0 bridgehead atoms. The van der Waals surface area contributed by atoms with Gasteiger partial charge in [0.1, 0.15) is 0 Å². The van der Waals surface area contributed by atoms with Crippen LogP contribution in [0.1, 0.15) is 41.8 Å². The highest BCUT2D eigenvalue weighted by Crippen LogP contribution is 2.20. The number of aryl methyl sites for hydroxylation is 2. The first-order chi connectivity index (χ1) is 13.3. The summed E-state index contributed by atoms with van der Waals surface area (Å²) in [5, 5.41) is 3.03. The molecule has 1 unspecified atom stereocenters. The third-order valence-electron chi connectivity index (χ3n) is 5.28. The third kappa shape index (κ3) is 4.63. The van der Waals surface area contributed by atoms with E-state index in [4.69, 9.17) is 4.74 Å². The van der Waals surface area contributed by atoms with Gasteiger partial charge in [-0.2, -0.15) is 0 Å². The number of rotatable bonds is 5. The fourth-order valence-corrected chi connectivity index (χ4v) is 3.81. The lowest BCUT2D eigenvalue weighted by Gasteiger charge is -2.32. The second-order valence-corrected chi connectivity index (χ2v) is 7.30. The van der Waals surface area contributed by atoms with Crippen molar-refractivity contribution in [1.29, 1.82) is 0 Å². The minimum atomic E-state index is -0.0263. The molecule has 2 aromatic rings. The van der Waals surface area contributed by atoms with Crippen LogP contribution in [-0.4, -0.2) is 40.1 Å². The average molecular weight is 366 g/mol. The molecule has 2 aromatic heterocycles. The number of carbonyl (C=O) groups is 1. The Balaban J connectivity index is 1.25. The maximum atomic E-state index is 12.6. The maximum absolute atomic E-state index is 12.6. The second-order valence-electron chi connectivity index (χ2n) is 7.30. The first-order valence-corrected chi connectivity index (χ1v) is 9.79. The number of aromatic nitrogens is 2. The zero-order valence-electron chi connectivity index (χ0n) is 15.6. The molecule has 0 aromatic carbocycles. The van der Waals surface area contributed by atoms with Crippen molar-refractivity contribution in [1.82, 2.24) is 20.2 Å². The van der Waals surface area contributed by atoms with Crippen molar-refractivity contribution >= 4 is 6.03 Å². The molecule has 0 radical (unpaired) electrons. The molecule has 1 atom stereocenters. The predicted octanol–water partition coefficient (Wildman–Crippen LogP) is 2.86. The smallest absolute Gasteiger partial charge is 0.317 e. The lowest BCUT2D eigenvalue weighted by atomic mass is 10.1. The molecule has 2 aliphatic rings. The number of piperidine rings is 1. The van der Waals surface area contributed by atoms with Gasteiger partial charge in [-0.05, 0) is 55.4 Å². The van der Waals surface area contributed by atoms with Crippen LogP contribution >= 0.6 is 0 Å². The van der Waals surface area contributed by atoms with Gasteiger partial charge in [0.05, 0.1) is 18.4 Å². The summed E-state index contributed by atoms with van der Waals surface area (Å²) in [6.45, 7) is 2.41. The van der Waals surface area contributed by atoms with E-state index < -0.39 is 0 Å². The summed E-state index contributed by atoms with van der Waals surface area (Å²) < 4.78 is 5.97. The normalized spacial score (nSPS) is 19.0. The number of pyridine rings is 2. The monoisotopic (exact) mass is 366 g/mol. The van der Waals surface area contributed by atoms with E-state index in [1.807, 2.05) is 29.3 Å². The van der Waals surface area contributed by atoms with E-state index >= 15 is 0 Å². The topological polar surface area (TPSA) is 67.4 Å². The summed E-state index contributed by atoms with van der Waals surface area (Å²) in [7, 11) is 0. The van der Waals surface area contributed by atoms with Crippen molar-refractivity contribution in [3.63, 3.8) is 0 Å². The Morgan fingerprint density at radius 1 is 1.26 bits per heavy atom. The molecule has 2 amide bonds. The Bertz CT molecular complexity index is 781. The van der Waals surface area contributed by atoms with Crippen LogP contribution in [0, 0.1) is 0 Å². The van der Waals surface area contributed by atoms with Gasteiger partial charge in [-0.15, -0.1) is 0 Å². The standard InChI is InChI=1S/C21H26N4O2/c26-21(24-13-16-11-17-5-3-8-20(17)23-12-16)25-10-4-7-19(14-25)27-15-18-6-1-2-9-22-18/h1-2,6,9,11-12,19H,3-5,7-8,10,13-15H2,(H,24,26). The molecular formula is C21H26N4O2. The van der Waals surface area contributed by atoms with E-state index in [9.17, 15) is 4.79 Å². The van der Waals surface area contributed by atoms with Crippen LogP contribution in [0.3, 0.4) is 0 Å². The van der Waals surface area contributed by atoms with E-state index in [0.717, 1.165) is 43.5 Å². The van der Waals surface area contributed by atoms with Gasteiger partial charge in [0, 0.05) is 37.7 Å². The molecule has 0 spiro atoms. The number of urea groups is 1. The summed E-state index contributed by atoms with van der Waals surface area (Å²) in [5.41, 5.74) is 4.55. The maximum Gasteiger partial charge on any atom is 0.317 e. The molecule has 6 nitrogen and oxygen atoms in total. The molecule has 4 rings (SSSR count). The van der Waals surface area contributed by atoms with Crippen molar-refractivity contribution in [2.24, 2.45) is 0 Å². The zero-order chi connectivity index (χ0) is 18.5. The number of nitrogens with zero attached hydrogens (tertiary/aromatic N) is 3. The first-order valence-electron chi connectivity index (χ1n) is 9.79. The van der Waals surface area contributed by atoms with Crippen LogP contribution in [-0.2, 0) is 30.7 Å². The van der Waals surface area contributed by atoms with Crippen molar-refractivity contribution in [3.8, 4) is 0 Å². The molecule has 1 aliphatic carbocycles. The van der Waals surface area contributed by atoms with Crippen molar-refractivity contribution < 1.29 is 9.53 Å². The van der Waals surface area contributed by atoms with Crippen LogP contribution in [0.5, 0.6) is 0 Å². The van der Waals surface area contributed by atoms with Crippen molar-refractivity contribution in [3.05, 3.63) is 59.2 Å². The van der Waals surface area contributed by atoms with E-state index in [2.05, 4.69) is 21.4 Å². The van der Waals surface area contributed by atoms with Crippen LogP contribution < -0.4 is 5.32 Å². The number of likely N-dealkylation sites (tertiary alicyclic amines) is 1. The summed E-state index contributed by atoms with van der Waals surface area (Å²) >= 11 is 0. The average Bonchev–Trinajstić information content (AvgIpc) is 3.19. The number of amides is 2. The molecule has 142 valence electrons. The number of nitrogens with one attached hydrogen (secondary N) is 1. The Labute approximate surface area is 160 Å². The van der Waals surface area contributed by atoms with Gasteiger partial charge in [0.25, 0.3) is 0 Å². The summed E-state index contributed by atoms with van der Waals surface area (Å²) in [4.78, 5) is 23.2. The van der Waals surface area contributed by atoms with Gasteiger partial charge in [0.2, 0.25) is 0 Å². The highest BCUT2D eigenvalue weighted by Gasteiger charge is 2.24.